The van der Waals surface area contributed by atoms with Crippen molar-refractivity contribution < 1.29 is 14.3 Å². The number of aliphatic carboxylic acids is 1. The van der Waals surface area contributed by atoms with Gasteiger partial charge in [-0.25, -0.2) is 9.18 Å². The molecule has 0 amide bonds. The first-order valence-electron chi connectivity index (χ1n) is 6.87. The third-order valence-electron chi connectivity index (χ3n) is 2.97. The lowest BCUT2D eigenvalue weighted by atomic mass is 9.99. The first-order valence-corrected chi connectivity index (χ1v) is 6.87. The zero-order chi connectivity index (χ0) is 15.8. The van der Waals surface area contributed by atoms with Crippen LogP contribution in [0.4, 0.5) is 4.39 Å². The summed E-state index contributed by atoms with van der Waals surface area (Å²) in [7, 11) is 0. The number of nitrogens with zero attached hydrogens (tertiary/aromatic N) is 1. The first-order chi connectivity index (χ1) is 10.0. The van der Waals surface area contributed by atoms with Gasteiger partial charge in [-0.15, -0.1) is 0 Å². The van der Waals surface area contributed by atoms with Crippen LogP contribution in [-0.2, 0) is 4.79 Å². The van der Waals surface area contributed by atoms with Crippen molar-refractivity contribution >= 4 is 11.5 Å². The molecule has 1 rings (SSSR count). The van der Waals surface area contributed by atoms with Crippen LogP contribution in [0.15, 0.2) is 35.9 Å². The van der Waals surface area contributed by atoms with E-state index in [0.717, 1.165) is 6.42 Å². The molecule has 0 unspecified atom stereocenters. The second-order valence-electron chi connectivity index (χ2n) is 4.60. The minimum absolute atomic E-state index is 0.0226. The summed E-state index contributed by atoms with van der Waals surface area (Å²) in [6.45, 7) is 3.83. The van der Waals surface area contributed by atoms with Gasteiger partial charge in [0, 0.05) is 5.57 Å². The molecule has 0 radical (unpaired) electrons. The Bertz CT molecular complexity index is 624. The number of allylic oxidation sites excluding steroid dienone is 3. The maximum Gasteiger partial charge on any atom is 0.331 e. The van der Waals surface area contributed by atoms with E-state index in [0.29, 0.717) is 29.6 Å². The minimum atomic E-state index is -0.965. The summed E-state index contributed by atoms with van der Waals surface area (Å²) in [5.74, 6) is -1.56. The van der Waals surface area contributed by atoms with E-state index in [1.54, 1.807) is 18.2 Å². The van der Waals surface area contributed by atoms with Crippen LogP contribution in [0.2, 0.25) is 0 Å². The van der Waals surface area contributed by atoms with Crippen LogP contribution in [0.5, 0.6) is 0 Å². The minimum Gasteiger partial charge on any atom is -0.478 e. The Morgan fingerprint density at radius 3 is 2.62 bits per heavy atom. The number of halogens is 1. The van der Waals surface area contributed by atoms with Crippen molar-refractivity contribution in [2.75, 3.05) is 0 Å². The molecule has 0 aliphatic heterocycles. The smallest absolute Gasteiger partial charge is 0.331 e. The number of hydrogen-bond donors (Lipinski definition) is 1. The molecule has 110 valence electrons. The fraction of sp³-hybridized carbons (Fsp3) is 0.294. The van der Waals surface area contributed by atoms with Crippen molar-refractivity contribution in [2.45, 2.75) is 33.1 Å². The van der Waals surface area contributed by atoms with Gasteiger partial charge in [-0.05, 0) is 42.2 Å². The Kier molecular flexibility index (Phi) is 6.35. The van der Waals surface area contributed by atoms with Gasteiger partial charge in [0.1, 0.15) is 11.9 Å². The fourth-order valence-corrected chi connectivity index (χ4v) is 1.96. The number of hydrogen-bond acceptors (Lipinski definition) is 2. The quantitative estimate of drug-likeness (QED) is 0.626. The summed E-state index contributed by atoms with van der Waals surface area (Å²) in [5.41, 5.74) is 1.50. The van der Waals surface area contributed by atoms with E-state index in [1.807, 2.05) is 19.9 Å². The van der Waals surface area contributed by atoms with Gasteiger partial charge in [-0.1, -0.05) is 32.4 Å². The van der Waals surface area contributed by atoms with E-state index in [-0.39, 0.29) is 5.56 Å². The molecule has 0 saturated heterocycles. The van der Waals surface area contributed by atoms with E-state index in [2.05, 4.69) is 0 Å². The molecule has 0 heterocycles. The monoisotopic (exact) mass is 287 g/mol. The van der Waals surface area contributed by atoms with Crippen LogP contribution in [0.1, 0.15) is 44.2 Å². The van der Waals surface area contributed by atoms with E-state index in [9.17, 15) is 14.3 Å². The summed E-state index contributed by atoms with van der Waals surface area (Å²) in [6.07, 6.45) is 5.30. The van der Waals surface area contributed by atoms with E-state index < -0.39 is 11.8 Å². The first kappa shape index (κ1) is 16.6. The second-order valence-corrected chi connectivity index (χ2v) is 4.60. The van der Waals surface area contributed by atoms with Gasteiger partial charge in [0.15, 0.2) is 0 Å². The van der Waals surface area contributed by atoms with Gasteiger partial charge in [-0.2, -0.15) is 5.26 Å². The molecule has 0 bridgehead atoms. The van der Waals surface area contributed by atoms with E-state index in [4.69, 9.17) is 5.26 Å². The van der Waals surface area contributed by atoms with Crippen molar-refractivity contribution in [1.29, 1.82) is 5.26 Å². The van der Waals surface area contributed by atoms with Crippen molar-refractivity contribution in [3.8, 4) is 6.07 Å². The van der Waals surface area contributed by atoms with E-state index >= 15 is 0 Å². The Hall–Kier alpha value is -2.41. The number of carboxylic acid groups (broad SMARTS) is 1. The number of carboxylic acids is 1. The van der Waals surface area contributed by atoms with Gasteiger partial charge in [0.05, 0.1) is 5.56 Å². The number of rotatable bonds is 6. The lowest BCUT2D eigenvalue weighted by Gasteiger charge is -2.07. The average Bonchev–Trinajstić information content (AvgIpc) is 2.45. The molecular weight excluding hydrogens is 269 g/mol. The average molecular weight is 287 g/mol. The van der Waals surface area contributed by atoms with Crippen molar-refractivity contribution in [2.24, 2.45) is 0 Å². The highest BCUT2D eigenvalue weighted by molar-refractivity contribution is 5.91. The molecule has 0 aromatic heterocycles. The SMILES string of the molecule is CC/C=C(/C=C(\CCC)C(=O)O)c1ccc(C#N)c(F)c1. The van der Waals surface area contributed by atoms with Gasteiger partial charge in [0.2, 0.25) is 0 Å². The van der Waals surface area contributed by atoms with Crippen LogP contribution in [0.3, 0.4) is 0 Å². The zero-order valence-corrected chi connectivity index (χ0v) is 12.2. The summed E-state index contributed by atoms with van der Waals surface area (Å²) in [6, 6.07) is 6.07. The normalized spacial score (nSPS) is 12.1. The third kappa shape index (κ3) is 4.57. The molecule has 3 nitrogen and oxygen atoms in total. The highest BCUT2D eigenvalue weighted by Gasteiger charge is 2.10. The predicted molar refractivity (Wildman–Crippen MR) is 80.0 cm³/mol. The number of nitriles is 1. The van der Waals surface area contributed by atoms with Crippen molar-refractivity contribution in [3.63, 3.8) is 0 Å². The predicted octanol–water partition coefficient (Wildman–Crippen LogP) is 4.30. The van der Waals surface area contributed by atoms with Gasteiger partial charge < -0.3 is 5.11 Å². The molecule has 1 aromatic carbocycles. The zero-order valence-electron chi connectivity index (χ0n) is 12.2. The number of benzene rings is 1. The topological polar surface area (TPSA) is 61.1 Å². The lowest BCUT2D eigenvalue weighted by molar-refractivity contribution is -0.132. The molecule has 0 aliphatic carbocycles. The van der Waals surface area contributed by atoms with Crippen LogP contribution >= 0.6 is 0 Å². The number of carbonyl (C=O) groups is 1. The maximum atomic E-state index is 13.7. The van der Waals surface area contributed by atoms with Crippen molar-refractivity contribution in [3.05, 3.63) is 52.9 Å². The third-order valence-corrected chi connectivity index (χ3v) is 2.97. The highest BCUT2D eigenvalue weighted by Crippen LogP contribution is 2.22. The summed E-state index contributed by atoms with van der Waals surface area (Å²) < 4.78 is 13.7. The Balaban J connectivity index is 3.28. The second kappa shape index (κ2) is 8.01. The summed E-state index contributed by atoms with van der Waals surface area (Å²) in [4.78, 5) is 11.2. The molecular formula is C17H18FNO2. The Morgan fingerprint density at radius 1 is 1.43 bits per heavy atom. The van der Waals surface area contributed by atoms with Gasteiger partial charge in [0.25, 0.3) is 0 Å². The van der Waals surface area contributed by atoms with Crippen LogP contribution < -0.4 is 0 Å². The Labute approximate surface area is 124 Å². The maximum absolute atomic E-state index is 13.7. The molecule has 1 aromatic rings. The van der Waals surface area contributed by atoms with E-state index in [1.165, 1.54) is 12.1 Å². The lowest BCUT2D eigenvalue weighted by Crippen LogP contribution is -2.01. The fourth-order valence-electron chi connectivity index (χ4n) is 1.96. The molecule has 0 aliphatic rings. The summed E-state index contributed by atoms with van der Waals surface area (Å²) >= 11 is 0. The molecule has 4 heteroatoms. The van der Waals surface area contributed by atoms with Gasteiger partial charge >= 0.3 is 5.97 Å². The standard InChI is InChI=1S/C17H18FNO2/c1-3-5-12(9-14(6-4-2)17(20)21)13-7-8-15(11-19)16(18)10-13/h5,7-10H,3-4,6H2,1-2H3,(H,20,21)/b12-5-,14-9+. The molecule has 21 heavy (non-hydrogen) atoms. The summed E-state index contributed by atoms with van der Waals surface area (Å²) in [5, 5.41) is 17.9. The Morgan fingerprint density at radius 2 is 2.14 bits per heavy atom. The van der Waals surface area contributed by atoms with Crippen LogP contribution in [0.25, 0.3) is 5.57 Å². The molecule has 0 spiro atoms. The van der Waals surface area contributed by atoms with Crippen LogP contribution in [-0.4, -0.2) is 11.1 Å². The van der Waals surface area contributed by atoms with Crippen molar-refractivity contribution in [1.82, 2.24) is 0 Å². The molecule has 0 atom stereocenters. The molecule has 1 N–H and O–H groups in total. The van der Waals surface area contributed by atoms with Crippen LogP contribution in [0, 0.1) is 17.1 Å². The molecule has 0 fully saturated rings. The highest BCUT2D eigenvalue weighted by atomic mass is 19.1. The van der Waals surface area contributed by atoms with Gasteiger partial charge in [-0.3, -0.25) is 0 Å². The molecule has 0 saturated carbocycles. The largest absolute Gasteiger partial charge is 0.478 e.